The highest BCUT2D eigenvalue weighted by Gasteiger charge is 2.21. The summed E-state index contributed by atoms with van der Waals surface area (Å²) in [7, 11) is 0. The minimum atomic E-state index is -1.36. The third-order valence-electron chi connectivity index (χ3n) is 2.82. The normalized spacial score (nSPS) is 9.78. The molecule has 0 aliphatic heterocycles. The number of carboxylic acids is 1. The van der Waals surface area contributed by atoms with Gasteiger partial charge in [0.2, 0.25) is 0 Å². The number of halogens is 4. The summed E-state index contributed by atoms with van der Waals surface area (Å²) >= 11 is 22.0. The monoisotopic (exact) mass is 454 g/mol. The molecule has 0 radical (unpaired) electrons. The first-order valence-electron chi connectivity index (χ1n) is 6.44. The molecule has 9 nitrogen and oxygen atoms in total. The van der Waals surface area contributed by atoms with Crippen LogP contribution in [0.5, 0.6) is 0 Å². The molecule has 0 saturated carbocycles. The summed E-state index contributed by atoms with van der Waals surface area (Å²) in [6, 6.07) is 4.41. The van der Waals surface area contributed by atoms with Crippen LogP contribution in [0, 0.1) is 20.2 Å². The molecule has 0 aliphatic rings. The van der Waals surface area contributed by atoms with Crippen molar-refractivity contribution in [2.45, 2.75) is 0 Å². The van der Waals surface area contributed by atoms with Crippen LogP contribution >= 0.6 is 46.4 Å². The van der Waals surface area contributed by atoms with Crippen LogP contribution < -0.4 is 0 Å². The van der Waals surface area contributed by atoms with Crippen molar-refractivity contribution in [3.63, 3.8) is 0 Å². The Morgan fingerprint density at radius 3 is 1.74 bits per heavy atom. The molecule has 0 amide bonds. The molecule has 0 aliphatic carbocycles. The lowest BCUT2D eigenvalue weighted by molar-refractivity contribution is -0.384. The summed E-state index contributed by atoms with van der Waals surface area (Å²) < 4.78 is 0. The molecule has 0 aromatic heterocycles. The van der Waals surface area contributed by atoms with Gasteiger partial charge in [-0.1, -0.05) is 46.4 Å². The second-order valence-electron chi connectivity index (χ2n) is 4.55. The molecule has 27 heavy (non-hydrogen) atoms. The number of hydrogen-bond acceptors (Lipinski definition) is 6. The van der Waals surface area contributed by atoms with Crippen molar-refractivity contribution >= 4 is 70.0 Å². The van der Waals surface area contributed by atoms with E-state index in [1.165, 1.54) is 6.07 Å². The zero-order valence-electron chi connectivity index (χ0n) is 12.7. The Kier molecular flexibility index (Phi) is 7.92. The standard InChI is InChI=1S/C7H3Cl2NO4.C7H3Cl2NO3/c8-3-1-4(7(11)12)6(9)5(2-3)10(13)14;8-5-1-4(3-11)7(9)6(2-5)10(12)13/h1-2H,(H,11,12);1-3H. The van der Waals surface area contributed by atoms with Gasteiger partial charge in [-0.3, -0.25) is 25.0 Å². The maximum absolute atomic E-state index is 10.6. The van der Waals surface area contributed by atoms with E-state index in [1.54, 1.807) is 0 Å². The summed E-state index contributed by atoms with van der Waals surface area (Å²) in [5.41, 5.74) is -1.25. The fourth-order valence-electron chi connectivity index (χ4n) is 1.68. The number of nitro benzene ring substituents is 2. The Morgan fingerprint density at radius 2 is 1.33 bits per heavy atom. The van der Waals surface area contributed by atoms with Gasteiger partial charge in [-0.25, -0.2) is 4.79 Å². The molecule has 0 unspecified atom stereocenters. The number of carbonyl (C=O) groups is 2. The lowest BCUT2D eigenvalue weighted by Gasteiger charge is -2.00. The van der Waals surface area contributed by atoms with Crippen molar-refractivity contribution in [2.24, 2.45) is 0 Å². The first-order chi connectivity index (χ1) is 12.5. The molecule has 2 aromatic rings. The molecular weight excluding hydrogens is 450 g/mol. The van der Waals surface area contributed by atoms with Gasteiger partial charge in [0.25, 0.3) is 11.4 Å². The molecule has 0 saturated heterocycles. The number of aromatic carboxylic acids is 1. The summed E-state index contributed by atoms with van der Waals surface area (Å²) in [5, 5.41) is 28.9. The molecule has 0 heterocycles. The van der Waals surface area contributed by atoms with Gasteiger partial charge >= 0.3 is 5.97 Å². The van der Waals surface area contributed by atoms with Crippen LogP contribution in [0.15, 0.2) is 24.3 Å². The number of aldehydes is 1. The Bertz CT molecular complexity index is 914. The third-order valence-corrected chi connectivity index (χ3v) is 4.06. The number of hydrogen-bond donors (Lipinski definition) is 1. The second kappa shape index (κ2) is 9.47. The maximum Gasteiger partial charge on any atom is 0.337 e. The number of rotatable bonds is 4. The molecule has 0 bridgehead atoms. The zero-order chi connectivity index (χ0) is 20.9. The average Bonchev–Trinajstić information content (AvgIpc) is 2.58. The van der Waals surface area contributed by atoms with Gasteiger partial charge in [0, 0.05) is 27.7 Å². The van der Waals surface area contributed by atoms with Gasteiger partial charge in [-0.15, -0.1) is 0 Å². The summed E-state index contributed by atoms with van der Waals surface area (Å²) in [5.74, 6) is -1.36. The Morgan fingerprint density at radius 1 is 0.889 bits per heavy atom. The molecule has 13 heteroatoms. The Balaban J connectivity index is 0.000000271. The fourth-order valence-corrected chi connectivity index (χ4v) is 2.59. The van der Waals surface area contributed by atoms with E-state index < -0.39 is 26.5 Å². The molecule has 2 aromatic carbocycles. The maximum atomic E-state index is 10.6. The van der Waals surface area contributed by atoms with Gasteiger partial charge in [-0.2, -0.15) is 0 Å². The fraction of sp³-hybridized carbons (Fsp3) is 0. The Hall–Kier alpha value is -2.46. The van der Waals surface area contributed by atoms with Crippen molar-refractivity contribution in [1.29, 1.82) is 0 Å². The number of carbonyl (C=O) groups excluding carboxylic acids is 1. The van der Waals surface area contributed by atoms with Crippen molar-refractivity contribution in [2.75, 3.05) is 0 Å². The van der Waals surface area contributed by atoms with E-state index in [9.17, 15) is 29.8 Å². The van der Waals surface area contributed by atoms with E-state index in [0.29, 0.717) is 6.29 Å². The van der Waals surface area contributed by atoms with Crippen LogP contribution in [0.1, 0.15) is 20.7 Å². The summed E-state index contributed by atoms with van der Waals surface area (Å²) in [6.07, 6.45) is 0.418. The highest BCUT2D eigenvalue weighted by molar-refractivity contribution is 6.37. The first-order valence-corrected chi connectivity index (χ1v) is 7.96. The molecular formula is C14H6Cl4N2O7. The van der Waals surface area contributed by atoms with Crippen LogP contribution in [0.2, 0.25) is 20.1 Å². The van der Waals surface area contributed by atoms with Crippen LogP contribution in [-0.4, -0.2) is 27.2 Å². The molecule has 0 fully saturated rings. The van der Waals surface area contributed by atoms with Crippen molar-refractivity contribution in [1.82, 2.24) is 0 Å². The van der Waals surface area contributed by atoms with Gasteiger partial charge in [0.05, 0.1) is 15.4 Å². The summed E-state index contributed by atoms with van der Waals surface area (Å²) in [4.78, 5) is 40.3. The lowest BCUT2D eigenvalue weighted by Crippen LogP contribution is -2.00. The predicted octanol–water partition coefficient (Wildman–Crippen LogP) is 5.31. The van der Waals surface area contributed by atoms with E-state index in [-0.39, 0.29) is 31.9 Å². The van der Waals surface area contributed by atoms with Crippen LogP contribution in [-0.2, 0) is 0 Å². The van der Waals surface area contributed by atoms with Gasteiger partial charge in [-0.05, 0) is 12.1 Å². The molecule has 0 atom stereocenters. The smallest absolute Gasteiger partial charge is 0.337 e. The number of nitro groups is 2. The minimum Gasteiger partial charge on any atom is -0.478 e. The number of carboxylic acid groups (broad SMARTS) is 1. The molecule has 142 valence electrons. The van der Waals surface area contributed by atoms with Gasteiger partial charge in [0.15, 0.2) is 6.29 Å². The van der Waals surface area contributed by atoms with E-state index in [1.807, 2.05) is 0 Å². The third kappa shape index (κ3) is 5.76. The van der Waals surface area contributed by atoms with Crippen molar-refractivity contribution in [3.05, 3.63) is 75.7 Å². The summed E-state index contributed by atoms with van der Waals surface area (Å²) in [6.45, 7) is 0. The van der Waals surface area contributed by atoms with E-state index in [4.69, 9.17) is 51.5 Å². The van der Waals surface area contributed by atoms with Crippen LogP contribution in [0.25, 0.3) is 0 Å². The second-order valence-corrected chi connectivity index (χ2v) is 6.18. The molecule has 1 N–H and O–H groups in total. The Labute approximate surface area is 170 Å². The van der Waals surface area contributed by atoms with Crippen molar-refractivity contribution < 1.29 is 24.5 Å². The minimum absolute atomic E-state index is 0.0147. The largest absolute Gasteiger partial charge is 0.478 e. The van der Waals surface area contributed by atoms with Crippen LogP contribution in [0.3, 0.4) is 0 Å². The van der Waals surface area contributed by atoms with E-state index in [2.05, 4.69) is 0 Å². The number of nitrogens with zero attached hydrogens (tertiary/aromatic N) is 2. The van der Waals surface area contributed by atoms with E-state index >= 15 is 0 Å². The first kappa shape index (κ1) is 22.6. The molecule has 0 spiro atoms. The highest BCUT2D eigenvalue weighted by atomic mass is 35.5. The highest BCUT2D eigenvalue weighted by Crippen LogP contribution is 2.32. The SMILES string of the molecule is O=C(O)c1cc(Cl)cc([N+](=O)[O-])c1Cl.O=Cc1cc(Cl)cc([N+](=O)[O-])c1Cl. The average molecular weight is 456 g/mol. The predicted molar refractivity (Wildman–Crippen MR) is 98.6 cm³/mol. The number of benzene rings is 2. The zero-order valence-corrected chi connectivity index (χ0v) is 15.7. The van der Waals surface area contributed by atoms with Gasteiger partial charge in [0.1, 0.15) is 10.0 Å². The van der Waals surface area contributed by atoms with Gasteiger partial charge < -0.3 is 5.11 Å². The van der Waals surface area contributed by atoms with E-state index in [0.717, 1.165) is 18.2 Å². The quantitative estimate of drug-likeness (QED) is 0.373. The van der Waals surface area contributed by atoms with Crippen LogP contribution in [0.4, 0.5) is 11.4 Å². The lowest BCUT2D eigenvalue weighted by atomic mass is 10.2. The van der Waals surface area contributed by atoms with Crippen molar-refractivity contribution in [3.8, 4) is 0 Å². The topological polar surface area (TPSA) is 141 Å². The molecule has 2 rings (SSSR count).